The molecule has 0 bridgehead atoms. The Balaban J connectivity index is 1.92. The predicted molar refractivity (Wildman–Crippen MR) is 96.9 cm³/mol. The highest BCUT2D eigenvalue weighted by Gasteiger charge is 2.23. The number of halogens is 2. The zero-order valence-electron chi connectivity index (χ0n) is 15.1. The number of aryl methyl sites for hydroxylation is 2. The molecule has 0 spiro atoms. The monoisotopic (exact) mass is 377 g/mol. The van der Waals surface area contributed by atoms with Gasteiger partial charge in [-0.1, -0.05) is 18.9 Å². The third-order valence-electron chi connectivity index (χ3n) is 4.57. The fourth-order valence-electron chi connectivity index (χ4n) is 3.05. The maximum absolute atomic E-state index is 14.6. The van der Waals surface area contributed by atoms with Gasteiger partial charge in [-0.15, -0.1) is 0 Å². The zero-order valence-corrected chi connectivity index (χ0v) is 15.1. The number of benzene rings is 1. The van der Waals surface area contributed by atoms with Gasteiger partial charge in [0.15, 0.2) is 0 Å². The van der Waals surface area contributed by atoms with Gasteiger partial charge in [0, 0.05) is 13.2 Å². The van der Waals surface area contributed by atoms with Crippen molar-refractivity contribution in [1.82, 2.24) is 10.0 Å². The predicted octanol–water partition coefficient (Wildman–Crippen LogP) is 3.32. The number of pyridine rings is 1. The number of aromatic nitrogens is 1. The lowest BCUT2D eigenvalue weighted by molar-refractivity contribution is -0.0125. The molecule has 1 fully saturated rings. The third kappa shape index (κ3) is 4.16. The molecule has 2 N–H and O–H groups in total. The van der Waals surface area contributed by atoms with Crippen LogP contribution < -0.4 is 16.4 Å². The van der Waals surface area contributed by atoms with Gasteiger partial charge < -0.3 is 9.88 Å². The van der Waals surface area contributed by atoms with Crippen molar-refractivity contribution in [3.8, 4) is 0 Å². The Hall–Kier alpha value is -2.74. The van der Waals surface area contributed by atoms with Gasteiger partial charge in [-0.3, -0.25) is 14.4 Å². The van der Waals surface area contributed by atoms with E-state index in [9.17, 15) is 18.4 Å². The highest BCUT2D eigenvalue weighted by atomic mass is 19.1. The minimum Gasteiger partial charge on any atom is -0.350 e. The lowest BCUT2D eigenvalue weighted by Crippen LogP contribution is -2.31. The Morgan fingerprint density at radius 3 is 2.63 bits per heavy atom. The van der Waals surface area contributed by atoms with Gasteiger partial charge in [-0.25, -0.2) is 9.87 Å². The molecule has 27 heavy (non-hydrogen) atoms. The van der Waals surface area contributed by atoms with Gasteiger partial charge in [-0.2, -0.15) is 4.39 Å². The van der Waals surface area contributed by atoms with E-state index >= 15 is 0 Å². The summed E-state index contributed by atoms with van der Waals surface area (Å²) in [6.07, 6.45) is 4.82. The van der Waals surface area contributed by atoms with Crippen LogP contribution in [0.25, 0.3) is 0 Å². The van der Waals surface area contributed by atoms with Crippen LogP contribution >= 0.6 is 0 Å². The number of carbonyl (C=O) groups is 1. The van der Waals surface area contributed by atoms with Crippen LogP contribution in [0.1, 0.15) is 41.6 Å². The van der Waals surface area contributed by atoms with Gasteiger partial charge in [0.25, 0.3) is 11.5 Å². The van der Waals surface area contributed by atoms with E-state index in [1.165, 1.54) is 25.4 Å². The summed E-state index contributed by atoms with van der Waals surface area (Å²) in [7, 11) is 1.33. The average molecular weight is 377 g/mol. The van der Waals surface area contributed by atoms with Crippen LogP contribution in [0, 0.1) is 18.6 Å². The van der Waals surface area contributed by atoms with Crippen LogP contribution in [0.2, 0.25) is 0 Å². The second-order valence-corrected chi connectivity index (χ2v) is 6.71. The van der Waals surface area contributed by atoms with Crippen LogP contribution in [0.4, 0.5) is 20.2 Å². The van der Waals surface area contributed by atoms with E-state index in [-0.39, 0.29) is 17.4 Å². The Morgan fingerprint density at radius 2 is 1.96 bits per heavy atom. The number of anilines is 2. The van der Waals surface area contributed by atoms with Crippen LogP contribution in [0.5, 0.6) is 0 Å². The fourth-order valence-corrected chi connectivity index (χ4v) is 3.05. The summed E-state index contributed by atoms with van der Waals surface area (Å²) in [5.41, 5.74) is 1.47. The van der Waals surface area contributed by atoms with Crippen LogP contribution in [-0.2, 0) is 11.9 Å². The van der Waals surface area contributed by atoms with Gasteiger partial charge >= 0.3 is 0 Å². The van der Waals surface area contributed by atoms with Crippen LogP contribution in [0.15, 0.2) is 29.2 Å². The second kappa shape index (κ2) is 7.87. The van der Waals surface area contributed by atoms with Crippen LogP contribution in [0.3, 0.4) is 0 Å². The smallest absolute Gasteiger partial charge is 0.288 e. The van der Waals surface area contributed by atoms with Crippen molar-refractivity contribution in [2.24, 2.45) is 7.05 Å². The molecule has 1 saturated carbocycles. The lowest BCUT2D eigenvalue weighted by Gasteiger charge is -2.16. The van der Waals surface area contributed by atoms with Crippen molar-refractivity contribution in [2.45, 2.75) is 38.7 Å². The summed E-state index contributed by atoms with van der Waals surface area (Å²) < 4.78 is 29.7. The Kier molecular flexibility index (Phi) is 5.55. The Morgan fingerprint density at radius 1 is 1.26 bits per heavy atom. The second-order valence-electron chi connectivity index (χ2n) is 6.71. The number of rotatable bonds is 5. The molecule has 1 aromatic heterocycles. The van der Waals surface area contributed by atoms with Crippen LogP contribution in [-0.4, -0.2) is 16.6 Å². The Labute approximate surface area is 155 Å². The number of hydroxylamine groups is 1. The maximum Gasteiger partial charge on any atom is 0.288 e. The largest absolute Gasteiger partial charge is 0.350 e. The molecule has 8 heteroatoms. The quantitative estimate of drug-likeness (QED) is 0.784. The minimum absolute atomic E-state index is 0.0430. The summed E-state index contributed by atoms with van der Waals surface area (Å²) >= 11 is 0. The molecule has 0 radical (unpaired) electrons. The van der Waals surface area contributed by atoms with E-state index in [1.54, 1.807) is 13.0 Å². The normalized spacial score (nSPS) is 14.4. The standard InChI is InChI=1S/C19H21F2N3O3/c1-11-7-8-15(14(20)9-11)22-17-13(10-24(2)19(26)16(17)21)18(25)23-27-12-5-3-4-6-12/h7-10,12,22H,3-6H2,1-2H3,(H,23,25). The minimum atomic E-state index is -1.18. The number of carbonyl (C=O) groups excluding carboxylic acids is 1. The first kappa shape index (κ1) is 19.0. The topological polar surface area (TPSA) is 72.4 Å². The van der Waals surface area contributed by atoms with E-state index in [0.29, 0.717) is 5.56 Å². The summed E-state index contributed by atoms with van der Waals surface area (Å²) in [5.74, 6) is -2.51. The highest BCUT2D eigenvalue weighted by molar-refractivity contribution is 5.99. The van der Waals surface area contributed by atoms with Crippen molar-refractivity contribution < 1.29 is 18.4 Å². The van der Waals surface area contributed by atoms with Gasteiger partial charge in [0.2, 0.25) is 5.82 Å². The molecule has 0 saturated heterocycles. The first-order chi connectivity index (χ1) is 12.9. The average Bonchev–Trinajstić information content (AvgIpc) is 3.15. The van der Waals surface area contributed by atoms with E-state index in [0.717, 1.165) is 30.3 Å². The Bertz CT molecular complexity index is 921. The maximum atomic E-state index is 14.6. The molecule has 1 aliphatic rings. The molecule has 0 aliphatic heterocycles. The highest BCUT2D eigenvalue weighted by Crippen LogP contribution is 2.25. The number of hydrogen-bond donors (Lipinski definition) is 2. The first-order valence-electron chi connectivity index (χ1n) is 8.75. The number of nitrogens with one attached hydrogen (secondary N) is 2. The van der Waals surface area contributed by atoms with Gasteiger partial charge in [0.1, 0.15) is 5.82 Å². The summed E-state index contributed by atoms with van der Waals surface area (Å²) in [5, 5.41) is 2.53. The molecule has 1 aromatic carbocycles. The van der Waals surface area contributed by atoms with E-state index in [1.807, 2.05) is 0 Å². The van der Waals surface area contributed by atoms with Crippen molar-refractivity contribution in [3.05, 3.63) is 57.5 Å². The number of amides is 1. The first-order valence-corrected chi connectivity index (χ1v) is 8.75. The van der Waals surface area contributed by atoms with E-state index < -0.39 is 28.8 Å². The molecule has 1 heterocycles. The molecule has 0 atom stereocenters. The van der Waals surface area contributed by atoms with Gasteiger partial charge in [-0.05, 0) is 37.5 Å². The summed E-state index contributed by atoms with van der Waals surface area (Å²) in [6, 6.07) is 4.32. The van der Waals surface area contributed by atoms with Gasteiger partial charge in [0.05, 0.1) is 23.0 Å². The molecule has 6 nitrogen and oxygen atoms in total. The zero-order chi connectivity index (χ0) is 19.6. The lowest BCUT2D eigenvalue weighted by atomic mass is 10.1. The van der Waals surface area contributed by atoms with E-state index in [4.69, 9.17) is 4.84 Å². The molecular weight excluding hydrogens is 356 g/mol. The fraction of sp³-hybridized carbons (Fsp3) is 0.368. The number of hydrogen-bond acceptors (Lipinski definition) is 4. The molecule has 0 unspecified atom stereocenters. The third-order valence-corrected chi connectivity index (χ3v) is 4.57. The van der Waals surface area contributed by atoms with Crippen molar-refractivity contribution in [2.75, 3.05) is 5.32 Å². The molecule has 2 aromatic rings. The molecule has 3 rings (SSSR count). The summed E-state index contributed by atoms with van der Waals surface area (Å²) in [6.45, 7) is 1.71. The molecule has 144 valence electrons. The van der Waals surface area contributed by atoms with E-state index in [2.05, 4.69) is 10.8 Å². The molecule has 1 amide bonds. The molecular formula is C19H21F2N3O3. The summed E-state index contributed by atoms with van der Waals surface area (Å²) in [4.78, 5) is 29.8. The molecule has 1 aliphatic carbocycles. The SMILES string of the molecule is Cc1ccc(Nc2c(C(=O)NOC3CCCC3)cn(C)c(=O)c2F)c(F)c1. The van der Waals surface area contributed by atoms with Crippen molar-refractivity contribution in [3.63, 3.8) is 0 Å². The van der Waals surface area contributed by atoms with Crippen molar-refractivity contribution in [1.29, 1.82) is 0 Å². The van der Waals surface area contributed by atoms with Crippen molar-refractivity contribution >= 4 is 17.3 Å². The number of nitrogens with zero attached hydrogens (tertiary/aromatic N) is 1.